The van der Waals surface area contributed by atoms with Crippen molar-refractivity contribution in [3.05, 3.63) is 58.7 Å². The molecule has 0 saturated carbocycles. The Bertz CT molecular complexity index is 528. The molecule has 0 aromatic carbocycles. The highest BCUT2D eigenvalue weighted by Gasteiger charge is 2.30. The molecule has 2 nitrogen and oxygen atoms in total. The summed E-state index contributed by atoms with van der Waals surface area (Å²) in [5, 5.41) is 18.9. The van der Waals surface area contributed by atoms with E-state index < -0.39 is 0 Å². The van der Waals surface area contributed by atoms with Crippen molar-refractivity contribution in [1.29, 1.82) is 0 Å². The molecule has 2 N–H and O–H groups in total. The average molecular weight is 302 g/mol. The predicted molar refractivity (Wildman–Crippen MR) is 94.6 cm³/mol. The van der Waals surface area contributed by atoms with E-state index in [9.17, 15) is 5.11 Å². The monoisotopic (exact) mass is 302 g/mol. The van der Waals surface area contributed by atoms with Crippen LogP contribution in [-0.2, 0) is 0 Å². The SMILES string of the molecule is CC(C=CC1=C(C)[C@@H](O)CCC1(C)C)=CC=CC(C)=CCO. The van der Waals surface area contributed by atoms with Crippen LogP contribution < -0.4 is 0 Å². The van der Waals surface area contributed by atoms with E-state index in [1.807, 2.05) is 32.1 Å². The number of hydrogen-bond donors (Lipinski definition) is 2. The number of aliphatic hydroxyl groups is 2. The molecule has 0 radical (unpaired) electrons. The van der Waals surface area contributed by atoms with Crippen LogP contribution in [0.2, 0.25) is 0 Å². The molecule has 0 amide bonds. The van der Waals surface area contributed by atoms with Gasteiger partial charge in [0.25, 0.3) is 0 Å². The Morgan fingerprint density at radius 2 is 1.91 bits per heavy atom. The van der Waals surface area contributed by atoms with Gasteiger partial charge in [-0.15, -0.1) is 0 Å². The maximum Gasteiger partial charge on any atom is 0.0753 e. The Labute approximate surface area is 135 Å². The van der Waals surface area contributed by atoms with E-state index in [1.165, 1.54) is 5.57 Å². The van der Waals surface area contributed by atoms with Crippen LogP contribution in [0.25, 0.3) is 0 Å². The van der Waals surface area contributed by atoms with Gasteiger partial charge < -0.3 is 10.2 Å². The molecule has 122 valence electrons. The lowest BCUT2D eigenvalue weighted by molar-refractivity contribution is 0.163. The molecule has 0 saturated heterocycles. The van der Waals surface area contributed by atoms with Gasteiger partial charge in [0, 0.05) is 0 Å². The second-order valence-corrected chi connectivity index (χ2v) is 6.77. The quantitative estimate of drug-likeness (QED) is 0.735. The van der Waals surface area contributed by atoms with Crippen LogP contribution in [0.1, 0.15) is 47.5 Å². The van der Waals surface area contributed by atoms with Crippen molar-refractivity contribution in [2.45, 2.75) is 53.6 Å². The summed E-state index contributed by atoms with van der Waals surface area (Å²) >= 11 is 0. The molecule has 0 fully saturated rings. The van der Waals surface area contributed by atoms with E-state index in [2.05, 4.69) is 32.9 Å². The largest absolute Gasteiger partial charge is 0.392 e. The minimum absolute atomic E-state index is 0.0730. The smallest absolute Gasteiger partial charge is 0.0753 e. The van der Waals surface area contributed by atoms with Gasteiger partial charge in [0.2, 0.25) is 0 Å². The molecule has 0 spiro atoms. The van der Waals surface area contributed by atoms with E-state index in [0.717, 1.165) is 29.6 Å². The lowest BCUT2D eigenvalue weighted by atomic mass is 9.71. The van der Waals surface area contributed by atoms with Crippen LogP contribution in [0.3, 0.4) is 0 Å². The Hall–Kier alpha value is -1.38. The first-order chi connectivity index (χ1) is 10.3. The highest BCUT2D eigenvalue weighted by Crippen LogP contribution is 2.40. The number of hydrogen-bond acceptors (Lipinski definition) is 2. The van der Waals surface area contributed by atoms with E-state index >= 15 is 0 Å². The van der Waals surface area contributed by atoms with Crippen LogP contribution in [0, 0.1) is 5.41 Å². The van der Waals surface area contributed by atoms with Gasteiger partial charge in [-0.25, -0.2) is 0 Å². The Kier molecular flexibility index (Phi) is 7.05. The predicted octanol–water partition coefficient (Wildman–Crippen LogP) is 4.48. The Morgan fingerprint density at radius 1 is 1.23 bits per heavy atom. The van der Waals surface area contributed by atoms with Gasteiger partial charge in [0.05, 0.1) is 12.7 Å². The van der Waals surface area contributed by atoms with Crippen molar-refractivity contribution in [2.24, 2.45) is 5.41 Å². The number of allylic oxidation sites excluding steroid dienone is 8. The molecule has 0 bridgehead atoms. The second-order valence-electron chi connectivity index (χ2n) is 6.77. The summed E-state index contributed by atoms with van der Waals surface area (Å²) in [5.74, 6) is 0. The molecule has 1 atom stereocenters. The van der Waals surface area contributed by atoms with Crippen LogP contribution in [-0.4, -0.2) is 22.9 Å². The van der Waals surface area contributed by atoms with Crippen molar-refractivity contribution < 1.29 is 10.2 Å². The fourth-order valence-electron chi connectivity index (χ4n) is 2.75. The molecular weight excluding hydrogens is 272 g/mol. The molecule has 22 heavy (non-hydrogen) atoms. The van der Waals surface area contributed by atoms with E-state index in [1.54, 1.807) is 6.08 Å². The average Bonchev–Trinajstić information content (AvgIpc) is 2.43. The third kappa shape index (κ3) is 5.43. The highest BCUT2D eigenvalue weighted by atomic mass is 16.3. The summed E-state index contributed by atoms with van der Waals surface area (Å²) in [6.45, 7) is 10.6. The molecule has 0 aliphatic heterocycles. The lowest BCUT2D eigenvalue weighted by Crippen LogP contribution is -2.27. The molecule has 0 aromatic heterocycles. The van der Waals surface area contributed by atoms with E-state index in [0.29, 0.717) is 0 Å². The van der Waals surface area contributed by atoms with Crippen molar-refractivity contribution >= 4 is 0 Å². The number of rotatable bonds is 5. The van der Waals surface area contributed by atoms with E-state index in [-0.39, 0.29) is 18.1 Å². The van der Waals surface area contributed by atoms with Crippen LogP contribution >= 0.6 is 0 Å². The normalized spacial score (nSPS) is 23.9. The highest BCUT2D eigenvalue weighted by molar-refractivity contribution is 5.38. The summed E-state index contributed by atoms with van der Waals surface area (Å²) in [6.07, 6.45) is 13.6. The minimum Gasteiger partial charge on any atom is -0.392 e. The van der Waals surface area contributed by atoms with Crippen molar-refractivity contribution in [2.75, 3.05) is 6.61 Å². The second kappa shape index (κ2) is 8.30. The zero-order valence-electron chi connectivity index (χ0n) is 14.6. The molecule has 2 heteroatoms. The fraction of sp³-hybridized carbons (Fsp3) is 0.500. The molecule has 0 aromatic rings. The lowest BCUT2D eigenvalue weighted by Gasteiger charge is -2.35. The molecule has 1 rings (SSSR count). The molecule has 1 aliphatic carbocycles. The van der Waals surface area contributed by atoms with Crippen molar-refractivity contribution in [1.82, 2.24) is 0 Å². The third-order valence-corrected chi connectivity index (χ3v) is 4.34. The first-order valence-electron chi connectivity index (χ1n) is 7.98. The standard InChI is InChI=1S/C20H30O2/c1-15(7-6-8-16(2)12-14-21)9-10-18-17(3)19(22)11-13-20(18,4)5/h6-10,12,19,21-22H,11,13-14H2,1-5H3/t19-/m0/s1. The molecule has 0 heterocycles. The summed E-state index contributed by atoms with van der Waals surface area (Å²) in [6, 6.07) is 0. The summed E-state index contributed by atoms with van der Waals surface area (Å²) < 4.78 is 0. The van der Waals surface area contributed by atoms with Gasteiger partial charge in [-0.05, 0) is 50.2 Å². The fourth-order valence-corrected chi connectivity index (χ4v) is 2.75. The first-order valence-corrected chi connectivity index (χ1v) is 7.98. The van der Waals surface area contributed by atoms with Gasteiger partial charge in [0.1, 0.15) is 0 Å². The van der Waals surface area contributed by atoms with Gasteiger partial charge in [-0.2, -0.15) is 0 Å². The first kappa shape index (κ1) is 18.7. The Morgan fingerprint density at radius 3 is 2.55 bits per heavy atom. The van der Waals surface area contributed by atoms with Gasteiger partial charge in [-0.1, -0.05) is 61.4 Å². The summed E-state index contributed by atoms with van der Waals surface area (Å²) in [7, 11) is 0. The Balaban J connectivity index is 2.86. The van der Waals surface area contributed by atoms with Crippen LogP contribution in [0.15, 0.2) is 58.7 Å². The molecule has 0 unspecified atom stereocenters. The maximum atomic E-state index is 10.1. The van der Waals surface area contributed by atoms with Crippen molar-refractivity contribution in [3.63, 3.8) is 0 Å². The van der Waals surface area contributed by atoms with Crippen LogP contribution in [0.5, 0.6) is 0 Å². The van der Waals surface area contributed by atoms with Gasteiger partial charge >= 0.3 is 0 Å². The topological polar surface area (TPSA) is 40.5 Å². The third-order valence-electron chi connectivity index (χ3n) is 4.34. The maximum absolute atomic E-state index is 10.1. The van der Waals surface area contributed by atoms with Crippen LogP contribution in [0.4, 0.5) is 0 Å². The van der Waals surface area contributed by atoms with Gasteiger partial charge in [0.15, 0.2) is 0 Å². The van der Waals surface area contributed by atoms with Crippen molar-refractivity contribution in [3.8, 4) is 0 Å². The zero-order valence-corrected chi connectivity index (χ0v) is 14.6. The summed E-state index contributed by atoms with van der Waals surface area (Å²) in [4.78, 5) is 0. The van der Waals surface area contributed by atoms with E-state index in [4.69, 9.17) is 5.11 Å². The zero-order chi connectivity index (χ0) is 16.8. The summed E-state index contributed by atoms with van der Waals surface area (Å²) in [5.41, 5.74) is 4.67. The van der Waals surface area contributed by atoms with Gasteiger partial charge in [-0.3, -0.25) is 0 Å². The molecule has 1 aliphatic rings. The minimum atomic E-state index is -0.303. The number of aliphatic hydroxyl groups excluding tert-OH is 2. The molecular formula is C20H30O2.